The molecule has 1 N–H and O–H groups in total. The molecule has 1 aromatic carbocycles. The zero-order valence-electron chi connectivity index (χ0n) is 11.0. The quantitative estimate of drug-likeness (QED) is 0.911. The zero-order chi connectivity index (χ0) is 13.2. The molecule has 0 saturated heterocycles. The molecule has 3 nitrogen and oxygen atoms in total. The van der Waals surface area contributed by atoms with Gasteiger partial charge in [-0.1, -0.05) is 38.8 Å². The lowest BCUT2D eigenvalue weighted by Gasteiger charge is -2.13. The van der Waals surface area contributed by atoms with E-state index >= 15 is 0 Å². The predicted molar refractivity (Wildman–Crippen MR) is 73.1 cm³/mol. The van der Waals surface area contributed by atoms with Crippen molar-refractivity contribution in [2.24, 2.45) is 0 Å². The first-order valence-electron chi connectivity index (χ1n) is 6.61. The second kappa shape index (κ2) is 5.41. The maximum atomic E-state index is 12.2. The molecule has 0 aliphatic heterocycles. The van der Waals surface area contributed by atoms with Crippen molar-refractivity contribution < 1.29 is 8.42 Å². The van der Waals surface area contributed by atoms with E-state index < -0.39 is 10.0 Å². The summed E-state index contributed by atoms with van der Waals surface area (Å²) in [5, 5.41) is 0. The van der Waals surface area contributed by atoms with Crippen LogP contribution >= 0.6 is 0 Å². The fourth-order valence-electron chi connectivity index (χ4n) is 2.36. The summed E-state index contributed by atoms with van der Waals surface area (Å²) < 4.78 is 27.1. The van der Waals surface area contributed by atoms with E-state index in [-0.39, 0.29) is 6.04 Å². The third-order valence-corrected chi connectivity index (χ3v) is 5.07. The van der Waals surface area contributed by atoms with E-state index in [9.17, 15) is 8.42 Å². The van der Waals surface area contributed by atoms with Gasteiger partial charge in [0, 0.05) is 6.04 Å². The highest BCUT2D eigenvalue weighted by molar-refractivity contribution is 7.89. The molecule has 1 fully saturated rings. The molecule has 2 rings (SSSR count). The lowest BCUT2D eigenvalue weighted by molar-refractivity contribution is 0.552. The van der Waals surface area contributed by atoms with E-state index in [1.54, 1.807) is 12.1 Å². The highest BCUT2D eigenvalue weighted by atomic mass is 32.2. The molecule has 0 atom stereocenters. The minimum absolute atomic E-state index is 0.125. The van der Waals surface area contributed by atoms with Crippen molar-refractivity contribution in [1.82, 2.24) is 4.72 Å². The van der Waals surface area contributed by atoms with Gasteiger partial charge in [-0.3, -0.25) is 0 Å². The molecular weight excluding hydrogens is 246 g/mol. The average molecular weight is 267 g/mol. The Bertz CT molecular complexity index is 485. The summed E-state index contributed by atoms with van der Waals surface area (Å²) in [6.45, 7) is 4.20. The minimum atomic E-state index is -3.34. The van der Waals surface area contributed by atoms with Crippen LogP contribution in [-0.4, -0.2) is 14.5 Å². The molecule has 0 bridgehead atoms. The molecule has 0 heterocycles. The molecule has 0 amide bonds. The van der Waals surface area contributed by atoms with Gasteiger partial charge in [0.15, 0.2) is 0 Å². The molecule has 1 saturated carbocycles. The van der Waals surface area contributed by atoms with Crippen LogP contribution in [0.4, 0.5) is 0 Å². The molecule has 4 heteroatoms. The second-order valence-electron chi connectivity index (χ2n) is 5.33. The van der Waals surface area contributed by atoms with Crippen LogP contribution in [0.25, 0.3) is 0 Å². The van der Waals surface area contributed by atoms with Crippen LogP contribution in [0.2, 0.25) is 0 Å². The summed E-state index contributed by atoms with van der Waals surface area (Å²) in [6, 6.07) is 7.32. The first kappa shape index (κ1) is 13.6. The van der Waals surface area contributed by atoms with Gasteiger partial charge in [-0.15, -0.1) is 0 Å². The van der Waals surface area contributed by atoms with Crippen molar-refractivity contribution >= 4 is 10.0 Å². The molecule has 0 spiro atoms. The highest BCUT2D eigenvalue weighted by Gasteiger charge is 2.22. The minimum Gasteiger partial charge on any atom is -0.208 e. The van der Waals surface area contributed by atoms with Crippen molar-refractivity contribution in [2.45, 2.75) is 56.4 Å². The first-order chi connectivity index (χ1) is 8.49. The second-order valence-corrected chi connectivity index (χ2v) is 7.04. The Labute approximate surface area is 110 Å². The Balaban J connectivity index is 2.13. The Kier molecular flexibility index (Phi) is 4.07. The summed E-state index contributed by atoms with van der Waals surface area (Å²) in [6.07, 6.45) is 4.17. The number of nitrogens with one attached hydrogen (secondary N) is 1. The normalized spacial score (nSPS) is 17.5. The molecule has 0 aromatic heterocycles. The summed E-state index contributed by atoms with van der Waals surface area (Å²) in [5.41, 5.74) is 1.16. The van der Waals surface area contributed by atoms with Crippen molar-refractivity contribution in [3.8, 4) is 0 Å². The standard InChI is InChI=1S/C14H21NO2S/c1-11(2)12-7-9-14(10-8-12)18(16,17)15-13-5-3-4-6-13/h7-11,13,15H,3-6H2,1-2H3. The van der Waals surface area contributed by atoms with Gasteiger partial charge in [-0.2, -0.15) is 0 Å². The third-order valence-electron chi connectivity index (χ3n) is 3.53. The monoisotopic (exact) mass is 267 g/mol. The van der Waals surface area contributed by atoms with Gasteiger partial charge >= 0.3 is 0 Å². The molecule has 100 valence electrons. The van der Waals surface area contributed by atoms with Crippen LogP contribution in [0, 0.1) is 0 Å². The SMILES string of the molecule is CC(C)c1ccc(S(=O)(=O)NC2CCCC2)cc1. The topological polar surface area (TPSA) is 46.2 Å². The van der Waals surface area contributed by atoms with E-state index in [4.69, 9.17) is 0 Å². The van der Waals surface area contributed by atoms with Gasteiger partial charge in [0.25, 0.3) is 0 Å². The maximum absolute atomic E-state index is 12.2. The van der Waals surface area contributed by atoms with Crippen molar-refractivity contribution in [2.75, 3.05) is 0 Å². The number of sulfonamides is 1. The van der Waals surface area contributed by atoms with Crippen LogP contribution in [0.3, 0.4) is 0 Å². The van der Waals surface area contributed by atoms with Crippen molar-refractivity contribution in [3.63, 3.8) is 0 Å². The fraction of sp³-hybridized carbons (Fsp3) is 0.571. The smallest absolute Gasteiger partial charge is 0.208 e. The number of rotatable bonds is 4. The van der Waals surface area contributed by atoms with Crippen LogP contribution in [0.5, 0.6) is 0 Å². The predicted octanol–water partition coefficient (Wildman–Crippen LogP) is 3.03. The summed E-state index contributed by atoms with van der Waals surface area (Å²) >= 11 is 0. The first-order valence-corrected chi connectivity index (χ1v) is 8.09. The maximum Gasteiger partial charge on any atom is 0.240 e. The average Bonchev–Trinajstić information content (AvgIpc) is 2.81. The molecule has 1 aliphatic carbocycles. The van der Waals surface area contributed by atoms with Crippen LogP contribution in [0.1, 0.15) is 51.0 Å². The lowest BCUT2D eigenvalue weighted by Crippen LogP contribution is -2.32. The van der Waals surface area contributed by atoms with Gasteiger partial charge < -0.3 is 0 Å². The third kappa shape index (κ3) is 3.12. The highest BCUT2D eigenvalue weighted by Crippen LogP contribution is 2.21. The van der Waals surface area contributed by atoms with E-state index in [0.717, 1.165) is 31.2 Å². The molecule has 1 aromatic rings. The van der Waals surface area contributed by atoms with E-state index in [2.05, 4.69) is 18.6 Å². The largest absolute Gasteiger partial charge is 0.240 e. The lowest BCUT2D eigenvalue weighted by atomic mass is 10.0. The van der Waals surface area contributed by atoms with E-state index in [1.165, 1.54) is 0 Å². The van der Waals surface area contributed by atoms with Crippen LogP contribution in [0.15, 0.2) is 29.2 Å². The van der Waals surface area contributed by atoms with E-state index in [0.29, 0.717) is 10.8 Å². The van der Waals surface area contributed by atoms with Gasteiger partial charge in [0.05, 0.1) is 4.90 Å². The fourth-order valence-corrected chi connectivity index (χ4v) is 3.67. The number of hydrogen-bond acceptors (Lipinski definition) is 2. The van der Waals surface area contributed by atoms with Crippen LogP contribution in [-0.2, 0) is 10.0 Å². The molecule has 18 heavy (non-hydrogen) atoms. The van der Waals surface area contributed by atoms with Crippen molar-refractivity contribution in [1.29, 1.82) is 0 Å². The van der Waals surface area contributed by atoms with Gasteiger partial charge in [0.1, 0.15) is 0 Å². The summed E-state index contributed by atoms with van der Waals surface area (Å²) in [5.74, 6) is 0.421. The number of benzene rings is 1. The van der Waals surface area contributed by atoms with Gasteiger partial charge in [-0.25, -0.2) is 13.1 Å². The summed E-state index contributed by atoms with van der Waals surface area (Å²) in [7, 11) is -3.34. The zero-order valence-corrected chi connectivity index (χ0v) is 11.8. The summed E-state index contributed by atoms with van der Waals surface area (Å²) in [4.78, 5) is 0.374. The Morgan fingerprint density at radius 3 is 2.17 bits per heavy atom. The van der Waals surface area contributed by atoms with Crippen LogP contribution < -0.4 is 4.72 Å². The molecule has 0 unspecified atom stereocenters. The van der Waals surface area contributed by atoms with E-state index in [1.807, 2.05) is 12.1 Å². The molecule has 0 radical (unpaired) electrons. The van der Waals surface area contributed by atoms with Gasteiger partial charge in [-0.05, 0) is 36.5 Å². The Morgan fingerprint density at radius 2 is 1.67 bits per heavy atom. The Morgan fingerprint density at radius 1 is 1.11 bits per heavy atom. The van der Waals surface area contributed by atoms with Crippen molar-refractivity contribution in [3.05, 3.63) is 29.8 Å². The van der Waals surface area contributed by atoms with Gasteiger partial charge in [0.2, 0.25) is 10.0 Å². The molecule has 1 aliphatic rings. The molecular formula is C14H21NO2S. The number of hydrogen-bond donors (Lipinski definition) is 1. The Hall–Kier alpha value is -0.870.